The molecule has 140 valence electrons. The summed E-state index contributed by atoms with van der Waals surface area (Å²) in [6.45, 7) is 6.43. The predicted octanol–water partition coefficient (Wildman–Crippen LogP) is 5.99. The van der Waals surface area contributed by atoms with Crippen molar-refractivity contribution in [1.82, 2.24) is 15.0 Å². The molecule has 0 spiro atoms. The molecule has 2 aromatic heterocycles. The number of hydrogen-bond acceptors (Lipinski definition) is 5. The molecule has 3 aromatic rings. The van der Waals surface area contributed by atoms with Crippen molar-refractivity contribution in [2.75, 3.05) is 12.4 Å². The van der Waals surface area contributed by atoms with E-state index in [9.17, 15) is 0 Å². The number of hydrogen-bond donors (Lipinski definition) is 2. The quantitative estimate of drug-likeness (QED) is 0.511. The van der Waals surface area contributed by atoms with Gasteiger partial charge in [0.1, 0.15) is 5.65 Å². The molecule has 0 bridgehead atoms. The summed E-state index contributed by atoms with van der Waals surface area (Å²) in [5.74, 6) is 0.658. The number of anilines is 1. The van der Waals surface area contributed by atoms with Crippen molar-refractivity contribution in [3.63, 3.8) is 0 Å². The van der Waals surface area contributed by atoms with E-state index in [4.69, 9.17) is 0 Å². The lowest BCUT2D eigenvalue weighted by Gasteiger charge is -2.10. The van der Waals surface area contributed by atoms with Crippen molar-refractivity contribution < 1.29 is 2.85 Å². The molecular formula is C20H30N6. The van der Waals surface area contributed by atoms with Crippen LogP contribution >= 0.6 is 0 Å². The molecule has 0 aliphatic rings. The first-order valence-corrected chi connectivity index (χ1v) is 9.20. The Kier molecular flexibility index (Phi) is 5.61. The summed E-state index contributed by atoms with van der Waals surface area (Å²) < 4.78 is 0. The highest BCUT2D eigenvalue weighted by Gasteiger charge is 2.12. The highest BCUT2D eigenvalue weighted by Crippen LogP contribution is 2.32. The van der Waals surface area contributed by atoms with Gasteiger partial charge in [-0.2, -0.15) is 15.2 Å². The molecule has 26 heavy (non-hydrogen) atoms. The molecule has 1 aromatic carbocycles. The highest BCUT2D eigenvalue weighted by molar-refractivity contribution is 5.93. The van der Waals surface area contributed by atoms with Crippen LogP contribution in [0.4, 0.5) is 11.6 Å². The van der Waals surface area contributed by atoms with Gasteiger partial charge in [-0.3, -0.25) is 0 Å². The number of nitrogens with zero attached hydrogens (tertiary/aromatic N) is 4. The maximum atomic E-state index is 4.60. The van der Waals surface area contributed by atoms with Gasteiger partial charge in [0.05, 0.1) is 5.69 Å². The molecule has 2 N–H and O–H groups in total. The average molecular weight is 355 g/mol. The third kappa shape index (κ3) is 3.74. The first-order chi connectivity index (χ1) is 12.7. The van der Waals surface area contributed by atoms with Gasteiger partial charge in [-0.25, -0.2) is 4.98 Å². The second-order valence-corrected chi connectivity index (χ2v) is 6.51. The largest absolute Gasteiger partial charge is 0.352 e. The van der Waals surface area contributed by atoms with E-state index in [0.717, 1.165) is 47.1 Å². The van der Waals surface area contributed by atoms with E-state index in [0.29, 0.717) is 12.0 Å². The molecule has 0 aliphatic carbocycles. The molecule has 2 heterocycles. The van der Waals surface area contributed by atoms with Crippen molar-refractivity contribution >= 4 is 22.7 Å². The van der Waals surface area contributed by atoms with Crippen LogP contribution in [0.2, 0.25) is 0 Å². The Bertz CT molecular complexity index is 922. The van der Waals surface area contributed by atoms with Crippen LogP contribution in [-0.4, -0.2) is 28.0 Å². The van der Waals surface area contributed by atoms with E-state index in [2.05, 4.69) is 63.4 Å². The molecule has 3 rings (SSSR count). The molecule has 0 saturated carbocycles. The zero-order valence-corrected chi connectivity index (χ0v) is 15.9. The molecule has 1 atom stereocenters. The van der Waals surface area contributed by atoms with Gasteiger partial charge in [0.2, 0.25) is 5.95 Å². The van der Waals surface area contributed by atoms with Crippen LogP contribution in [0.5, 0.6) is 0 Å². The summed E-state index contributed by atoms with van der Waals surface area (Å²) in [5.41, 5.74) is 5.23. The third-order valence-corrected chi connectivity index (χ3v) is 4.54. The van der Waals surface area contributed by atoms with E-state index < -0.39 is 0 Å². The summed E-state index contributed by atoms with van der Waals surface area (Å²) in [4.78, 5) is 12.4. The Balaban J connectivity index is 0.00000196. The fourth-order valence-corrected chi connectivity index (χ4v) is 2.97. The maximum absolute atomic E-state index is 4.60. The van der Waals surface area contributed by atoms with Crippen LogP contribution in [0.1, 0.15) is 42.0 Å². The molecule has 6 nitrogen and oxygen atoms in total. The summed E-state index contributed by atoms with van der Waals surface area (Å²) in [7, 11) is 1.70. The lowest BCUT2D eigenvalue weighted by Crippen LogP contribution is -2.15. The number of aryl methyl sites for hydroxylation is 1. The van der Waals surface area contributed by atoms with E-state index in [-0.39, 0.29) is 2.85 Å². The summed E-state index contributed by atoms with van der Waals surface area (Å²) in [6.07, 6.45) is 6.96. The molecular weight excluding hydrogens is 324 g/mol. The van der Waals surface area contributed by atoms with Gasteiger partial charge in [-0.1, -0.05) is 26.3 Å². The molecule has 6 heteroatoms. The Morgan fingerprint density at radius 2 is 2.15 bits per heavy atom. The fraction of sp³-hybridized carbons (Fsp3) is 0.400. The fourth-order valence-electron chi connectivity index (χ4n) is 2.97. The van der Waals surface area contributed by atoms with Crippen molar-refractivity contribution in [1.29, 1.82) is 0 Å². The van der Waals surface area contributed by atoms with Crippen molar-refractivity contribution in [3.05, 3.63) is 36.2 Å². The standard InChI is InChI=1S/C20H26N6.2H2/c1-5-7-15-10-14(8-9-18(15)26-21-4)16-11-22-19-17(16)12-23-20(25-19)24-13(3)6-2;;/h8-13H,5-7H2,1-4H3,(H2,22,23,24,25);2*1H/t13-;;/m0../s1. The van der Waals surface area contributed by atoms with Crippen LogP contribution in [0.3, 0.4) is 0 Å². The average Bonchev–Trinajstić information content (AvgIpc) is 3.06. The van der Waals surface area contributed by atoms with Gasteiger partial charge in [-0.15, -0.1) is 0 Å². The van der Waals surface area contributed by atoms with Crippen LogP contribution in [0.25, 0.3) is 22.2 Å². The van der Waals surface area contributed by atoms with Gasteiger partial charge < -0.3 is 10.3 Å². The molecule has 0 saturated heterocycles. The number of nitrogens with one attached hydrogen (secondary N) is 2. The number of fused-ring (bicyclic) bond motifs is 1. The Hall–Kier alpha value is -2.76. The maximum Gasteiger partial charge on any atom is 0.224 e. The van der Waals surface area contributed by atoms with Crippen LogP contribution in [0, 0.1) is 0 Å². The monoisotopic (exact) mass is 354 g/mol. The van der Waals surface area contributed by atoms with E-state index in [1.165, 1.54) is 5.56 Å². The second kappa shape index (κ2) is 8.08. The van der Waals surface area contributed by atoms with Crippen molar-refractivity contribution in [2.45, 2.75) is 46.1 Å². The zero-order chi connectivity index (χ0) is 18.5. The summed E-state index contributed by atoms with van der Waals surface area (Å²) in [6, 6.07) is 6.66. The number of rotatable bonds is 7. The number of aromatic nitrogens is 3. The van der Waals surface area contributed by atoms with Crippen LogP contribution in [-0.2, 0) is 6.42 Å². The molecule has 0 radical (unpaired) electrons. The Morgan fingerprint density at radius 1 is 1.31 bits per heavy atom. The van der Waals surface area contributed by atoms with E-state index in [1.54, 1.807) is 7.05 Å². The minimum absolute atomic E-state index is 0. The molecule has 0 amide bonds. The molecule has 0 unspecified atom stereocenters. The van der Waals surface area contributed by atoms with Crippen LogP contribution < -0.4 is 5.32 Å². The topological polar surface area (TPSA) is 78.3 Å². The minimum Gasteiger partial charge on any atom is -0.352 e. The van der Waals surface area contributed by atoms with Gasteiger partial charge >= 0.3 is 0 Å². The first-order valence-electron chi connectivity index (χ1n) is 9.20. The van der Waals surface area contributed by atoms with E-state index in [1.807, 2.05) is 18.5 Å². The van der Waals surface area contributed by atoms with Gasteiger partial charge in [0.15, 0.2) is 0 Å². The smallest absolute Gasteiger partial charge is 0.224 e. The van der Waals surface area contributed by atoms with Crippen molar-refractivity contribution in [3.8, 4) is 11.1 Å². The zero-order valence-electron chi connectivity index (χ0n) is 15.9. The number of H-pyrrole nitrogens is 1. The normalized spacial score (nSPS) is 12.8. The Labute approximate surface area is 157 Å². The number of benzene rings is 1. The second-order valence-electron chi connectivity index (χ2n) is 6.51. The first kappa shape index (κ1) is 18.0. The number of azo groups is 1. The molecule has 0 fully saturated rings. The number of aromatic amines is 1. The highest BCUT2D eigenvalue weighted by atomic mass is 15.1. The van der Waals surface area contributed by atoms with Gasteiger partial charge in [0, 0.05) is 39.3 Å². The predicted molar refractivity (Wildman–Crippen MR) is 111 cm³/mol. The van der Waals surface area contributed by atoms with Gasteiger partial charge in [0.25, 0.3) is 0 Å². The third-order valence-electron chi connectivity index (χ3n) is 4.54. The summed E-state index contributed by atoms with van der Waals surface area (Å²) in [5, 5.41) is 12.5. The molecule has 0 aliphatic heterocycles. The van der Waals surface area contributed by atoms with Crippen LogP contribution in [0.15, 0.2) is 40.8 Å². The lowest BCUT2D eigenvalue weighted by atomic mass is 10.00. The van der Waals surface area contributed by atoms with Crippen molar-refractivity contribution in [2.24, 2.45) is 10.2 Å². The summed E-state index contributed by atoms with van der Waals surface area (Å²) >= 11 is 0. The minimum atomic E-state index is 0. The Morgan fingerprint density at radius 3 is 2.88 bits per heavy atom. The van der Waals surface area contributed by atoms with Gasteiger partial charge in [-0.05, 0) is 43.0 Å². The van der Waals surface area contributed by atoms with E-state index >= 15 is 0 Å². The lowest BCUT2D eigenvalue weighted by molar-refractivity contribution is 0.754. The SMILES string of the molecule is CCCc1cc(-c2c[nH]c3nc(N[C@@H](C)CC)ncc23)ccc1N=NC.[HH].[HH].